The summed E-state index contributed by atoms with van der Waals surface area (Å²) in [4.78, 5) is 24.5. The molecular formula is C21H24ClN3O4S. The van der Waals surface area contributed by atoms with Crippen molar-refractivity contribution in [2.24, 2.45) is 0 Å². The first-order valence-electron chi connectivity index (χ1n) is 9.68. The number of carbonyl (C=O) groups excluding carboxylic acids is 2. The zero-order valence-corrected chi connectivity index (χ0v) is 18.4. The Morgan fingerprint density at radius 1 is 0.967 bits per heavy atom. The van der Waals surface area contributed by atoms with Crippen molar-refractivity contribution in [3.63, 3.8) is 0 Å². The number of rotatable bonds is 5. The van der Waals surface area contributed by atoms with E-state index < -0.39 is 15.9 Å². The maximum absolute atomic E-state index is 13.0. The average molecular weight is 450 g/mol. The normalized spacial score (nSPS) is 14.9. The predicted octanol–water partition coefficient (Wildman–Crippen LogP) is 4.03. The van der Waals surface area contributed by atoms with Gasteiger partial charge in [-0.1, -0.05) is 24.1 Å². The molecule has 0 radical (unpaired) electrons. The summed E-state index contributed by atoms with van der Waals surface area (Å²) in [5.41, 5.74) is 1.59. The van der Waals surface area contributed by atoms with Crippen molar-refractivity contribution in [2.75, 3.05) is 23.7 Å². The van der Waals surface area contributed by atoms with Crippen molar-refractivity contribution in [1.29, 1.82) is 0 Å². The summed E-state index contributed by atoms with van der Waals surface area (Å²) in [5.74, 6) is -0.782. The smallest absolute Gasteiger partial charge is 0.256 e. The van der Waals surface area contributed by atoms with E-state index in [0.29, 0.717) is 35.1 Å². The zero-order valence-electron chi connectivity index (χ0n) is 16.9. The molecule has 160 valence electrons. The summed E-state index contributed by atoms with van der Waals surface area (Å²) in [6.45, 7) is 4.07. The van der Waals surface area contributed by atoms with Gasteiger partial charge in [0.1, 0.15) is 0 Å². The van der Waals surface area contributed by atoms with E-state index in [9.17, 15) is 18.0 Å². The molecule has 7 nitrogen and oxygen atoms in total. The van der Waals surface area contributed by atoms with Gasteiger partial charge in [-0.15, -0.1) is 0 Å². The van der Waals surface area contributed by atoms with E-state index in [0.717, 1.165) is 19.3 Å². The molecule has 30 heavy (non-hydrogen) atoms. The third-order valence-corrected chi connectivity index (χ3v) is 7.08. The number of nitrogens with zero attached hydrogens (tertiary/aromatic N) is 1. The molecule has 0 spiro atoms. The van der Waals surface area contributed by atoms with Gasteiger partial charge in [-0.25, -0.2) is 8.42 Å². The minimum atomic E-state index is -3.66. The van der Waals surface area contributed by atoms with Crippen LogP contribution in [0.25, 0.3) is 0 Å². The summed E-state index contributed by atoms with van der Waals surface area (Å²) >= 11 is 6.04. The Balaban J connectivity index is 1.91. The monoisotopic (exact) mass is 449 g/mol. The highest BCUT2D eigenvalue weighted by Crippen LogP contribution is 2.28. The lowest BCUT2D eigenvalue weighted by Crippen LogP contribution is -2.35. The molecule has 1 aliphatic heterocycles. The number of carbonyl (C=O) groups is 2. The van der Waals surface area contributed by atoms with Gasteiger partial charge in [-0.05, 0) is 55.7 Å². The summed E-state index contributed by atoms with van der Waals surface area (Å²) in [6, 6.07) is 9.26. The zero-order chi connectivity index (χ0) is 21.9. The van der Waals surface area contributed by atoms with Gasteiger partial charge >= 0.3 is 0 Å². The van der Waals surface area contributed by atoms with E-state index in [1.54, 1.807) is 25.1 Å². The molecule has 0 atom stereocenters. The lowest BCUT2D eigenvalue weighted by Gasteiger charge is -2.26. The fourth-order valence-electron chi connectivity index (χ4n) is 3.37. The third kappa shape index (κ3) is 5.00. The Morgan fingerprint density at radius 3 is 2.33 bits per heavy atom. The van der Waals surface area contributed by atoms with Crippen LogP contribution in [0.15, 0.2) is 41.3 Å². The molecular weight excluding hydrogens is 426 g/mol. The second-order valence-electron chi connectivity index (χ2n) is 7.27. The van der Waals surface area contributed by atoms with Gasteiger partial charge in [0.25, 0.3) is 5.91 Å². The number of anilines is 2. The van der Waals surface area contributed by atoms with Crippen LogP contribution in [0.5, 0.6) is 0 Å². The summed E-state index contributed by atoms with van der Waals surface area (Å²) in [5, 5.41) is 5.75. The Kier molecular flexibility index (Phi) is 6.80. The molecule has 0 bridgehead atoms. The molecule has 9 heteroatoms. The van der Waals surface area contributed by atoms with Crippen LogP contribution in [0.1, 0.15) is 42.1 Å². The van der Waals surface area contributed by atoms with Crippen molar-refractivity contribution in [1.82, 2.24) is 4.31 Å². The number of hydrogen-bond donors (Lipinski definition) is 2. The minimum absolute atomic E-state index is 0.0910. The molecule has 1 fully saturated rings. The van der Waals surface area contributed by atoms with Gasteiger partial charge in [0.05, 0.1) is 16.3 Å². The fraction of sp³-hybridized carbons (Fsp3) is 0.333. The molecule has 0 aliphatic carbocycles. The Bertz CT molecular complexity index is 1080. The fourth-order valence-corrected chi connectivity index (χ4v) is 5.08. The molecule has 0 saturated carbocycles. The van der Waals surface area contributed by atoms with Gasteiger partial charge in [-0.3, -0.25) is 9.59 Å². The van der Waals surface area contributed by atoms with E-state index >= 15 is 0 Å². The first kappa shape index (κ1) is 22.3. The quantitative estimate of drug-likeness (QED) is 0.720. The lowest BCUT2D eigenvalue weighted by molar-refractivity contribution is -0.114. The maximum Gasteiger partial charge on any atom is 0.256 e. The Hall–Kier alpha value is -2.42. The van der Waals surface area contributed by atoms with Gasteiger partial charge in [-0.2, -0.15) is 4.31 Å². The van der Waals surface area contributed by atoms with Crippen LogP contribution < -0.4 is 10.6 Å². The van der Waals surface area contributed by atoms with Crippen molar-refractivity contribution in [2.45, 2.75) is 38.0 Å². The van der Waals surface area contributed by atoms with Gasteiger partial charge in [0.2, 0.25) is 15.9 Å². The molecule has 1 saturated heterocycles. The first-order chi connectivity index (χ1) is 14.2. The maximum atomic E-state index is 13.0. The molecule has 1 heterocycles. The molecule has 0 aromatic heterocycles. The second kappa shape index (κ2) is 9.16. The van der Waals surface area contributed by atoms with Crippen molar-refractivity contribution < 1.29 is 18.0 Å². The molecule has 2 aromatic carbocycles. The highest BCUT2D eigenvalue weighted by molar-refractivity contribution is 7.89. The number of nitrogens with one attached hydrogen (secondary N) is 2. The number of piperidine rings is 1. The molecule has 2 amide bonds. The molecule has 3 rings (SSSR count). The number of hydrogen-bond acceptors (Lipinski definition) is 4. The standard InChI is InChI=1S/C21H24ClN3O4S/c1-14-6-8-17(30(28,29)25-10-4-3-5-11-25)13-18(14)21(27)24-20-12-16(22)7-9-19(20)23-15(2)26/h6-9,12-13H,3-5,10-11H2,1-2H3,(H,23,26)(H,24,27). The van der Waals surface area contributed by atoms with Crippen molar-refractivity contribution >= 4 is 44.8 Å². The lowest BCUT2D eigenvalue weighted by atomic mass is 10.1. The van der Waals surface area contributed by atoms with E-state index in [-0.39, 0.29) is 16.4 Å². The van der Waals surface area contributed by atoms with Crippen molar-refractivity contribution in [3.8, 4) is 0 Å². The average Bonchev–Trinajstić information content (AvgIpc) is 2.70. The predicted molar refractivity (Wildman–Crippen MR) is 117 cm³/mol. The number of aryl methyl sites for hydroxylation is 1. The third-order valence-electron chi connectivity index (χ3n) is 4.95. The summed E-state index contributed by atoms with van der Waals surface area (Å²) in [6.07, 6.45) is 2.68. The van der Waals surface area contributed by atoms with E-state index in [1.807, 2.05) is 0 Å². The van der Waals surface area contributed by atoms with Crippen LogP contribution in [-0.4, -0.2) is 37.6 Å². The van der Waals surface area contributed by atoms with Crippen LogP contribution in [0.4, 0.5) is 11.4 Å². The summed E-state index contributed by atoms with van der Waals surface area (Å²) in [7, 11) is -3.66. The van der Waals surface area contributed by atoms with Crippen LogP contribution in [0, 0.1) is 6.92 Å². The SMILES string of the molecule is CC(=O)Nc1ccc(Cl)cc1NC(=O)c1cc(S(=O)(=O)N2CCCCC2)ccc1C. The highest BCUT2D eigenvalue weighted by Gasteiger charge is 2.27. The number of halogens is 1. The second-order valence-corrected chi connectivity index (χ2v) is 9.64. The topological polar surface area (TPSA) is 95.6 Å². The molecule has 1 aliphatic rings. The minimum Gasteiger partial charge on any atom is -0.325 e. The van der Waals surface area contributed by atoms with Crippen LogP contribution >= 0.6 is 11.6 Å². The van der Waals surface area contributed by atoms with Crippen LogP contribution in [-0.2, 0) is 14.8 Å². The Labute approximate surface area is 181 Å². The molecule has 0 unspecified atom stereocenters. The largest absolute Gasteiger partial charge is 0.325 e. The van der Waals surface area contributed by atoms with E-state index in [1.165, 1.54) is 29.4 Å². The molecule has 2 aromatic rings. The van der Waals surface area contributed by atoms with Gasteiger partial charge < -0.3 is 10.6 Å². The Morgan fingerprint density at radius 2 is 1.67 bits per heavy atom. The van der Waals surface area contributed by atoms with E-state index in [2.05, 4.69) is 10.6 Å². The number of benzene rings is 2. The molecule has 2 N–H and O–H groups in total. The van der Waals surface area contributed by atoms with Crippen LogP contribution in [0.2, 0.25) is 5.02 Å². The number of amides is 2. The first-order valence-corrected chi connectivity index (χ1v) is 11.5. The number of sulfonamides is 1. The van der Waals surface area contributed by atoms with Crippen molar-refractivity contribution in [3.05, 3.63) is 52.5 Å². The van der Waals surface area contributed by atoms with Gasteiger partial charge in [0, 0.05) is 30.6 Å². The van der Waals surface area contributed by atoms with E-state index in [4.69, 9.17) is 11.6 Å². The highest BCUT2D eigenvalue weighted by atomic mass is 35.5. The van der Waals surface area contributed by atoms with Gasteiger partial charge in [0.15, 0.2) is 0 Å². The summed E-state index contributed by atoms with van der Waals surface area (Å²) < 4.78 is 27.4. The van der Waals surface area contributed by atoms with Crippen LogP contribution in [0.3, 0.4) is 0 Å².